The van der Waals surface area contributed by atoms with Gasteiger partial charge in [0.25, 0.3) is 0 Å². The van der Waals surface area contributed by atoms with Gasteiger partial charge in [-0.05, 0) is 271 Å². The Kier molecular flexibility index (Phi) is 13.8. The van der Waals surface area contributed by atoms with Crippen molar-refractivity contribution in [3.8, 4) is 22.3 Å². The summed E-state index contributed by atoms with van der Waals surface area (Å²) in [5, 5.41) is 2.98. The van der Waals surface area contributed by atoms with E-state index in [1.54, 1.807) is 0 Å². The van der Waals surface area contributed by atoms with Crippen LogP contribution < -0.4 is 20.2 Å². The molecule has 2 nitrogen and oxygen atoms in total. The Labute approximate surface area is 453 Å². The van der Waals surface area contributed by atoms with Gasteiger partial charge in [0.1, 0.15) is 8.07 Å². The minimum atomic E-state index is -2.32. The Morgan fingerprint density at radius 3 is 0.733 bits per heavy atom. The Morgan fingerprint density at radius 2 is 0.507 bits per heavy atom. The first-order chi connectivity index (χ1) is 35.3. The number of fused-ring (bicyclic) bond motifs is 2. The zero-order valence-electron chi connectivity index (χ0n) is 49.6. The van der Waals surface area contributed by atoms with E-state index in [0.717, 1.165) is 0 Å². The van der Waals surface area contributed by atoms with Crippen LogP contribution in [-0.2, 0) is 0 Å². The van der Waals surface area contributed by atoms with Gasteiger partial charge in [0.15, 0.2) is 0 Å². The molecule has 0 fully saturated rings. The predicted molar refractivity (Wildman–Crippen MR) is 334 cm³/mol. The number of hydrogen-bond donors (Lipinski definition) is 0. The first kappa shape index (κ1) is 53.2. The number of hydrogen-bond acceptors (Lipinski definition) is 2. The molecule has 0 saturated heterocycles. The van der Waals surface area contributed by atoms with Crippen molar-refractivity contribution in [3.05, 3.63) is 207 Å². The SMILES string of the molecule is Cc1cc(C)c(N(c2c(C)cc(C)cc2C)c2c(C)c(C)c(-c3cccc4c3C=Cc3c(-c5c(C)c(C)c(N(c6c(C)cc(C)cc6C)c6c(C)cc(C)cc6C)c(C)c5C)cccc3[Si]4(C)C)c(C)c2C)c(C)c1. The molecule has 3 heteroatoms. The van der Waals surface area contributed by atoms with Crippen LogP contribution in [0.25, 0.3) is 34.4 Å². The fraction of sp³-hybridized carbons (Fsp3) is 0.306. The molecule has 1 aliphatic heterocycles. The van der Waals surface area contributed by atoms with Crippen LogP contribution in [0.1, 0.15) is 122 Å². The van der Waals surface area contributed by atoms with Crippen LogP contribution in [0.15, 0.2) is 84.9 Å². The van der Waals surface area contributed by atoms with Crippen molar-refractivity contribution in [2.45, 2.75) is 152 Å². The summed E-state index contributed by atoms with van der Waals surface area (Å²) in [6, 6.07) is 33.2. The lowest BCUT2D eigenvalue weighted by Crippen LogP contribution is -2.54. The Balaban J connectivity index is 1.24. The van der Waals surface area contributed by atoms with Gasteiger partial charge in [0.2, 0.25) is 0 Å². The van der Waals surface area contributed by atoms with Gasteiger partial charge in [-0.2, -0.15) is 0 Å². The first-order valence-electron chi connectivity index (χ1n) is 27.4. The number of nitrogens with zero attached hydrogens (tertiary/aromatic N) is 2. The maximum atomic E-state index is 2.62. The van der Waals surface area contributed by atoms with E-state index in [2.05, 4.69) is 258 Å². The summed E-state index contributed by atoms with van der Waals surface area (Å²) in [6.07, 6.45) is 4.98. The number of benzene rings is 8. The van der Waals surface area contributed by atoms with E-state index in [4.69, 9.17) is 0 Å². The third kappa shape index (κ3) is 8.64. The predicted octanol–water partition coefficient (Wildman–Crippen LogP) is 19.4. The average Bonchev–Trinajstić information content (AvgIpc) is 3.42. The molecule has 0 N–H and O–H groups in total. The molecule has 0 aromatic heterocycles. The molecule has 384 valence electrons. The molecule has 0 atom stereocenters. The smallest absolute Gasteiger partial charge is 0.113 e. The Bertz CT molecular complexity index is 3230. The van der Waals surface area contributed by atoms with Crippen LogP contribution in [0.5, 0.6) is 0 Å². The largest absolute Gasteiger partial charge is 0.309 e. The Morgan fingerprint density at radius 1 is 0.280 bits per heavy atom. The van der Waals surface area contributed by atoms with E-state index in [0.29, 0.717) is 0 Å². The summed E-state index contributed by atoms with van der Waals surface area (Å²) < 4.78 is 0. The molecule has 0 bridgehead atoms. The monoisotopic (exact) mass is 1000 g/mol. The average molecular weight is 1000 g/mol. The third-order valence-electron chi connectivity index (χ3n) is 17.6. The molecule has 0 saturated carbocycles. The van der Waals surface area contributed by atoms with E-state index in [1.807, 2.05) is 0 Å². The molecule has 1 aliphatic rings. The topological polar surface area (TPSA) is 6.48 Å². The highest BCUT2D eigenvalue weighted by Crippen LogP contribution is 2.51. The molecule has 0 unspecified atom stereocenters. The Hall–Kier alpha value is -6.68. The van der Waals surface area contributed by atoms with Gasteiger partial charge in [-0.1, -0.05) is 132 Å². The maximum Gasteiger partial charge on any atom is 0.113 e. The second-order valence-electron chi connectivity index (χ2n) is 23.6. The van der Waals surface area contributed by atoms with Gasteiger partial charge in [0.05, 0.1) is 34.1 Å². The molecule has 8 aromatic carbocycles. The third-order valence-corrected chi connectivity index (χ3v) is 21.1. The number of aryl methyl sites for hydroxylation is 12. The highest BCUT2D eigenvalue weighted by molar-refractivity contribution is 7.01. The number of anilines is 6. The second-order valence-corrected chi connectivity index (χ2v) is 27.9. The molecule has 0 aliphatic carbocycles. The van der Waals surface area contributed by atoms with Gasteiger partial charge < -0.3 is 9.80 Å². The first-order valence-corrected chi connectivity index (χ1v) is 30.4. The van der Waals surface area contributed by atoms with Gasteiger partial charge in [-0.15, -0.1) is 0 Å². The standard InChI is InChI=1S/C72H82N2Si/c1-39-31-43(5)67(44(6)32-39)73(68-45(7)33-40(2)34-46(68)8)71-55(17)51(13)65(52(14)56(71)18)61-25-23-27-63-59(61)29-30-60-62(26-24-28-64(60)75(63,21)22)66-53(15)57(19)72(58(20)54(66)16)74(69-47(9)35-41(3)36-48(69)10)70-49(11)37-42(4)38-50(70)12/h23-38H,1-22H3. The minimum Gasteiger partial charge on any atom is -0.309 e. The van der Waals surface area contributed by atoms with Gasteiger partial charge in [0, 0.05) is 0 Å². The zero-order chi connectivity index (χ0) is 54.6. The van der Waals surface area contributed by atoms with Crippen LogP contribution in [0, 0.1) is 138 Å². The van der Waals surface area contributed by atoms with Crippen molar-refractivity contribution in [1.82, 2.24) is 0 Å². The van der Waals surface area contributed by atoms with E-state index in [-0.39, 0.29) is 0 Å². The molecular weight excluding hydrogens is 921 g/mol. The highest BCUT2D eigenvalue weighted by Gasteiger charge is 2.36. The van der Waals surface area contributed by atoms with Gasteiger partial charge in [-0.3, -0.25) is 0 Å². The van der Waals surface area contributed by atoms with Gasteiger partial charge in [-0.25, -0.2) is 0 Å². The lowest BCUT2D eigenvalue weighted by Gasteiger charge is -2.36. The molecule has 1 heterocycles. The van der Waals surface area contributed by atoms with Crippen molar-refractivity contribution < 1.29 is 0 Å². The van der Waals surface area contributed by atoms with E-state index in [1.165, 1.54) is 189 Å². The number of rotatable bonds is 8. The molecule has 0 radical (unpaired) electrons. The fourth-order valence-electron chi connectivity index (χ4n) is 14.2. The van der Waals surface area contributed by atoms with Crippen LogP contribution in [0.3, 0.4) is 0 Å². The van der Waals surface area contributed by atoms with E-state index >= 15 is 0 Å². The lowest BCUT2D eigenvalue weighted by molar-refractivity contribution is 1.12. The summed E-state index contributed by atoms with van der Waals surface area (Å²) in [4.78, 5) is 5.24. The zero-order valence-corrected chi connectivity index (χ0v) is 50.6. The summed E-state index contributed by atoms with van der Waals surface area (Å²) in [5.74, 6) is 0. The molecule has 0 spiro atoms. The maximum absolute atomic E-state index is 2.62. The van der Waals surface area contributed by atoms with E-state index < -0.39 is 8.07 Å². The van der Waals surface area contributed by atoms with Crippen molar-refractivity contribution in [2.75, 3.05) is 9.80 Å². The van der Waals surface area contributed by atoms with Crippen molar-refractivity contribution in [2.24, 2.45) is 0 Å². The quantitative estimate of drug-likeness (QED) is 0.140. The molecule has 75 heavy (non-hydrogen) atoms. The summed E-state index contributed by atoms with van der Waals surface area (Å²) >= 11 is 0. The summed E-state index contributed by atoms with van der Waals surface area (Å²) in [5.41, 5.74) is 42.0. The van der Waals surface area contributed by atoms with Gasteiger partial charge >= 0.3 is 0 Å². The minimum absolute atomic E-state index is 1.28. The fourth-order valence-corrected chi connectivity index (χ4v) is 17.3. The highest BCUT2D eigenvalue weighted by atomic mass is 28.3. The van der Waals surface area contributed by atoms with Crippen molar-refractivity contribution >= 4 is 64.7 Å². The molecule has 0 amide bonds. The van der Waals surface area contributed by atoms with Crippen LogP contribution >= 0.6 is 0 Å². The normalized spacial score (nSPS) is 12.7. The summed E-state index contributed by atoms with van der Waals surface area (Å²) in [7, 11) is -2.32. The van der Waals surface area contributed by atoms with Crippen LogP contribution in [0.2, 0.25) is 13.1 Å². The van der Waals surface area contributed by atoms with Crippen molar-refractivity contribution in [1.29, 1.82) is 0 Å². The lowest BCUT2D eigenvalue weighted by atomic mass is 9.84. The molecular formula is C72H82N2Si. The summed E-state index contributed by atoms with van der Waals surface area (Å²) in [6.45, 7) is 51.3. The van der Waals surface area contributed by atoms with Crippen LogP contribution in [0.4, 0.5) is 34.1 Å². The molecule has 8 aromatic rings. The second kappa shape index (κ2) is 19.5. The van der Waals surface area contributed by atoms with Crippen LogP contribution in [-0.4, -0.2) is 8.07 Å². The van der Waals surface area contributed by atoms with E-state index in [9.17, 15) is 0 Å². The molecule has 9 rings (SSSR count). The van der Waals surface area contributed by atoms with Crippen molar-refractivity contribution in [3.63, 3.8) is 0 Å².